The van der Waals surface area contributed by atoms with E-state index in [1.807, 2.05) is 18.2 Å². The molecule has 1 aromatic carbocycles. The maximum Gasteiger partial charge on any atom is 0.128 e. The zero-order valence-electron chi connectivity index (χ0n) is 12.7. The quantitative estimate of drug-likeness (QED) is 0.928. The Bertz CT molecular complexity index is 635. The largest absolute Gasteiger partial charge is 0.497 e. The Morgan fingerprint density at radius 3 is 2.67 bits per heavy atom. The summed E-state index contributed by atoms with van der Waals surface area (Å²) < 4.78 is 5.23. The molecule has 0 radical (unpaired) electrons. The van der Waals surface area contributed by atoms with E-state index in [0.29, 0.717) is 5.82 Å². The van der Waals surface area contributed by atoms with Gasteiger partial charge in [0.15, 0.2) is 0 Å². The summed E-state index contributed by atoms with van der Waals surface area (Å²) in [4.78, 5) is 9.31. The maximum absolute atomic E-state index is 6.13. The SMILES string of the molecule is COc1ccc2cc(CN3CCN(C)CC3)c(N)nc2c1. The van der Waals surface area contributed by atoms with E-state index < -0.39 is 0 Å². The van der Waals surface area contributed by atoms with Crippen LogP contribution in [0.15, 0.2) is 24.3 Å². The van der Waals surface area contributed by atoms with Crippen molar-refractivity contribution < 1.29 is 4.74 Å². The summed E-state index contributed by atoms with van der Waals surface area (Å²) in [6.07, 6.45) is 0. The number of nitrogens with two attached hydrogens (primary N) is 1. The number of ether oxygens (including phenoxy) is 1. The number of methoxy groups -OCH3 is 1. The topological polar surface area (TPSA) is 54.6 Å². The molecule has 5 nitrogen and oxygen atoms in total. The van der Waals surface area contributed by atoms with Crippen molar-refractivity contribution >= 4 is 16.7 Å². The van der Waals surface area contributed by atoms with Crippen molar-refractivity contribution in [1.82, 2.24) is 14.8 Å². The number of fused-ring (bicyclic) bond motifs is 1. The van der Waals surface area contributed by atoms with E-state index in [0.717, 1.165) is 54.9 Å². The highest BCUT2D eigenvalue weighted by Crippen LogP contribution is 2.24. The van der Waals surface area contributed by atoms with Crippen LogP contribution in [-0.4, -0.2) is 55.1 Å². The van der Waals surface area contributed by atoms with E-state index in [1.54, 1.807) is 7.11 Å². The molecule has 0 aliphatic carbocycles. The van der Waals surface area contributed by atoms with E-state index in [1.165, 1.54) is 0 Å². The first-order valence-electron chi connectivity index (χ1n) is 7.30. The summed E-state index contributed by atoms with van der Waals surface area (Å²) in [5.41, 5.74) is 8.13. The second kappa shape index (κ2) is 5.87. The molecule has 0 amide bonds. The van der Waals surface area contributed by atoms with Crippen molar-refractivity contribution in [3.8, 4) is 5.75 Å². The number of pyridine rings is 1. The first-order valence-corrected chi connectivity index (χ1v) is 7.30. The minimum absolute atomic E-state index is 0.620. The monoisotopic (exact) mass is 286 g/mol. The van der Waals surface area contributed by atoms with Gasteiger partial charge in [-0.15, -0.1) is 0 Å². The molecule has 0 atom stereocenters. The van der Waals surface area contributed by atoms with Gasteiger partial charge in [0.2, 0.25) is 0 Å². The van der Waals surface area contributed by atoms with Gasteiger partial charge in [0.25, 0.3) is 0 Å². The number of hydrogen-bond donors (Lipinski definition) is 1. The molecule has 1 fully saturated rings. The summed E-state index contributed by atoms with van der Waals surface area (Å²) in [5.74, 6) is 1.43. The van der Waals surface area contributed by atoms with Gasteiger partial charge in [-0.1, -0.05) is 0 Å². The van der Waals surface area contributed by atoms with Crippen LogP contribution in [0.3, 0.4) is 0 Å². The van der Waals surface area contributed by atoms with E-state index in [2.05, 4.69) is 27.9 Å². The molecule has 0 unspecified atom stereocenters. The lowest BCUT2D eigenvalue weighted by atomic mass is 10.1. The van der Waals surface area contributed by atoms with Crippen LogP contribution in [0.2, 0.25) is 0 Å². The molecule has 2 aromatic rings. The number of likely N-dealkylation sites (N-methyl/N-ethyl adjacent to an activating group) is 1. The minimum atomic E-state index is 0.620. The highest BCUT2D eigenvalue weighted by Gasteiger charge is 2.15. The standard InChI is InChI=1S/C16H22N4O/c1-19-5-7-20(8-6-19)11-13-9-12-3-4-14(21-2)10-15(12)18-16(13)17/h3-4,9-10H,5-8,11H2,1-2H3,(H2,17,18). The van der Waals surface area contributed by atoms with Crippen LogP contribution < -0.4 is 10.5 Å². The Morgan fingerprint density at radius 1 is 1.19 bits per heavy atom. The summed E-state index contributed by atoms with van der Waals surface area (Å²) >= 11 is 0. The molecule has 2 N–H and O–H groups in total. The fourth-order valence-electron chi connectivity index (χ4n) is 2.71. The Hall–Kier alpha value is -1.85. The number of nitrogen functional groups attached to an aromatic ring is 1. The van der Waals surface area contributed by atoms with E-state index in [9.17, 15) is 0 Å². The van der Waals surface area contributed by atoms with Crippen LogP contribution in [0.25, 0.3) is 10.9 Å². The number of aromatic nitrogens is 1. The lowest BCUT2D eigenvalue weighted by Crippen LogP contribution is -2.44. The first-order chi connectivity index (χ1) is 10.2. The second-order valence-electron chi connectivity index (χ2n) is 5.67. The predicted octanol–water partition coefficient (Wildman–Crippen LogP) is 1.57. The van der Waals surface area contributed by atoms with Crippen molar-refractivity contribution in [2.75, 3.05) is 46.1 Å². The van der Waals surface area contributed by atoms with Gasteiger partial charge in [0.1, 0.15) is 11.6 Å². The molecule has 2 heterocycles. The lowest BCUT2D eigenvalue weighted by Gasteiger charge is -2.32. The predicted molar refractivity (Wildman–Crippen MR) is 85.5 cm³/mol. The van der Waals surface area contributed by atoms with Crippen molar-refractivity contribution in [2.45, 2.75) is 6.54 Å². The Balaban J connectivity index is 1.83. The summed E-state index contributed by atoms with van der Waals surface area (Å²) in [6, 6.07) is 8.06. The van der Waals surface area contributed by atoms with Gasteiger partial charge in [-0.2, -0.15) is 0 Å². The third-order valence-corrected chi connectivity index (χ3v) is 4.13. The fourth-order valence-corrected chi connectivity index (χ4v) is 2.71. The van der Waals surface area contributed by atoms with Crippen molar-refractivity contribution in [1.29, 1.82) is 0 Å². The summed E-state index contributed by atoms with van der Waals surface area (Å²) in [6.45, 7) is 5.25. The molecule has 1 saturated heterocycles. The van der Waals surface area contributed by atoms with Crippen LogP contribution >= 0.6 is 0 Å². The molecule has 0 bridgehead atoms. The third kappa shape index (κ3) is 3.09. The average Bonchev–Trinajstić information content (AvgIpc) is 2.50. The van der Waals surface area contributed by atoms with Crippen molar-refractivity contribution in [3.05, 3.63) is 29.8 Å². The van der Waals surface area contributed by atoms with Crippen LogP contribution in [0, 0.1) is 0 Å². The van der Waals surface area contributed by atoms with Gasteiger partial charge in [-0.25, -0.2) is 4.98 Å². The number of nitrogens with zero attached hydrogens (tertiary/aromatic N) is 3. The number of hydrogen-bond acceptors (Lipinski definition) is 5. The molecule has 112 valence electrons. The summed E-state index contributed by atoms with van der Waals surface area (Å²) in [7, 11) is 3.82. The average molecular weight is 286 g/mol. The molecular formula is C16H22N4O. The zero-order chi connectivity index (χ0) is 14.8. The molecule has 0 spiro atoms. The number of piperazine rings is 1. The third-order valence-electron chi connectivity index (χ3n) is 4.13. The lowest BCUT2D eigenvalue weighted by molar-refractivity contribution is 0.148. The number of rotatable bonds is 3. The highest BCUT2D eigenvalue weighted by atomic mass is 16.5. The van der Waals surface area contributed by atoms with Gasteiger partial charge in [0, 0.05) is 49.7 Å². The van der Waals surface area contributed by atoms with Crippen LogP contribution in [0.1, 0.15) is 5.56 Å². The minimum Gasteiger partial charge on any atom is -0.497 e. The summed E-state index contributed by atoms with van der Waals surface area (Å²) in [5, 5.41) is 1.11. The van der Waals surface area contributed by atoms with Gasteiger partial charge in [-0.3, -0.25) is 4.90 Å². The molecule has 0 saturated carbocycles. The van der Waals surface area contributed by atoms with E-state index >= 15 is 0 Å². The van der Waals surface area contributed by atoms with E-state index in [-0.39, 0.29) is 0 Å². The van der Waals surface area contributed by atoms with Crippen molar-refractivity contribution in [2.24, 2.45) is 0 Å². The molecule has 1 aliphatic heterocycles. The maximum atomic E-state index is 6.13. The number of anilines is 1. The Morgan fingerprint density at radius 2 is 1.95 bits per heavy atom. The fraction of sp³-hybridized carbons (Fsp3) is 0.438. The van der Waals surface area contributed by atoms with Gasteiger partial charge in [-0.05, 0) is 25.2 Å². The molecule has 3 rings (SSSR count). The number of benzene rings is 1. The first kappa shape index (κ1) is 14.1. The molecule has 21 heavy (non-hydrogen) atoms. The van der Waals surface area contributed by atoms with Crippen LogP contribution in [0.5, 0.6) is 5.75 Å². The molecule has 1 aromatic heterocycles. The van der Waals surface area contributed by atoms with Crippen LogP contribution in [-0.2, 0) is 6.54 Å². The smallest absolute Gasteiger partial charge is 0.128 e. The highest BCUT2D eigenvalue weighted by molar-refractivity contribution is 5.82. The Kier molecular flexibility index (Phi) is 3.94. The van der Waals surface area contributed by atoms with Gasteiger partial charge in [0.05, 0.1) is 12.6 Å². The van der Waals surface area contributed by atoms with Gasteiger partial charge < -0.3 is 15.4 Å². The zero-order valence-corrected chi connectivity index (χ0v) is 12.7. The second-order valence-corrected chi connectivity index (χ2v) is 5.67. The molecular weight excluding hydrogens is 264 g/mol. The van der Waals surface area contributed by atoms with Crippen LogP contribution in [0.4, 0.5) is 5.82 Å². The Labute approximate surface area is 125 Å². The van der Waals surface area contributed by atoms with Gasteiger partial charge >= 0.3 is 0 Å². The normalized spacial score (nSPS) is 17.2. The van der Waals surface area contributed by atoms with Crippen molar-refractivity contribution in [3.63, 3.8) is 0 Å². The molecule has 5 heteroatoms. The van der Waals surface area contributed by atoms with E-state index in [4.69, 9.17) is 10.5 Å². The molecule has 1 aliphatic rings.